The molecule has 24 heavy (non-hydrogen) atoms. The normalized spacial score (nSPS) is 14.7. The Kier molecular flexibility index (Phi) is 12.0. The zero-order valence-electron chi connectivity index (χ0n) is 15.0. The monoisotopic (exact) mass is 590 g/mol. The number of aryl methyl sites for hydroxylation is 1. The van der Waals surface area contributed by atoms with Crippen molar-refractivity contribution >= 4 is 26.7 Å². The van der Waals surface area contributed by atoms with E-state index >= 15 is 0 Å². The van der Waals surface area contributed by atoms with Gasteiger partial charge in [-0.1, -0.05) is 62.0 Å². The van der Waals surface area contributed by atoms with Crippen molar-refractivity contribution in [2.75, 3.05) is 0 Å². The Hall–Kier alpha value is 0.633. The molecule has 0 nitrogen and oxygen atoms in total. The summed E-state index contributed by atoms with van der Waals surface area (Å²) in [6.07, 6.45) is 3.44. The molecule has 0 N–H and O–H groups in total. The van der Waals surface area contributed by atoms with Crippen molar-refractivity contribution in [1.29, 1.82) is 0 Å². The second-order valence-electron chi connectivity index (χ2n) is 6.40. The summed E-state index contributed by atoms with van der Waals surface area (Å²) in [5, 5.41) is 2.63. The molecule has 3 rings (SSSR count). The first-order chi connectivity index (χ1) is 9.72. The number of halogens is 3. The molecule has 1 aliphatic carbocycles. The van der Waals surface area contributed by atoms with Gasteiger partial charge < -0.3 is 34.0 Å². The fourth-order valence-corrected chi connectivity index (χ4v) is 3.25. The van der Waals surface area contributed by atoms with Gasteiger partial charge in [-0.2, -0.15) is 17.2 Å². The number of fused-ring (bicyclic) bond motifs is 1. The SMILES string of the molecule is CC1=[C-]C(C)(C)C(C)=C1C.Cc1cc2c(Br)cccc2[cH-]1.[Br-].[Br-].[Zr+4]. The smallest absolute Gasteiger partial charge is 1.00 e. The Balaban J connectivity index is 0. The minimum absolute atomic E-state index is 0. The van der Waals surface area contributed by atoms with Gasteiger partial charge in [0.15, 0.2) is 0 Å². The van der Waals surface area contributed by atoms with E-state index in [0.717, 1.165) is 0 Å². The molecule has 2 aromatic carbocycles. The van der Waals surface area contributed by atoms with Crippen LogP contribution in [0, 0.1) is 18.4 Å². The first kappa shape index (κ1) is 26.9. The number of allylic oxidation sites excluding steroid dienone is 4. The van der Waals surface area contributed by atoms with Crippen LogP contribution >= 0.6 is 15.9 Å². The van der Waals surface area contributed by atoms with E-state index in [1.54, 1.807) is 0 Å². The summed E-state index contributed by atoms with van der Waals surface area (Å²) in [4.78, 5) is 0. The summed E-state index contributed by atoms with van der Waals surface area (Å²) in [5.41, 5.74) is 5.72. The van der Waals surface area contributed by atoms with Crippen LogP contribution in [0.15, 0.2) is 51.5 Å². The van der Waals surface area contributed by atoms with Gasteiger partial charge in [0.25, 0.3) is 0 Å². The largest absolute Gasteiger partial charge is 4.00 e. The molecule has 0 bridgehead atoms. The first-order valence-electron chi connectivity index (χ1n) is 7.34. The maximum absolute atomic E-state index is 3.51. The molecular weight excluding hydrogens is 571 g/mol. The average Bonchev–Trinajstić information content (AvgIpc) is 2.86. The van der Waals surface area contributed by atoms with Crippen LogP contribution in [0.2, 0.25) is 0 Å². The van der Waals surface area contributed by atoms with Gasteiger partial charge in [-0.05, 0) is 4.47 Å². The molecule has 0 radical (unpaired) electrons. The van der Waals surface area contributed by atoms with Crippen LogP contribution in [-0.2, 0) is 26.2 Å². The molecule has 0 aliphatic heterocycles. The second kappa shape index (κ2) is 10.7. The summed E-state index contributed by atoms with van der Waals surface area (Å²) in [6.45, 7) is 13.0. The second-order valence-corrected chi connectivity index (χ2v) is 7.25. The van der Waals surface area contributed by atoms with E-state index in [2.05, 4.69) is 93.9 Å². The molecule has 128 valence electrons. The molecule has 0 saturated heterocycles. The summed E-state index contributed by atoms with van der Waals surface area (Å²) in [5.74, 6) is 0. The number of hydrogen-bond acceptors (Lipinski definition) is 0. The molecule has 0 atom stereocenters. The quantitative estimate of drug-likeness (QED) is 0.396. The fourth-order valence-electron chi connectivity index (χ4n) is 2.75. The predicted octanol–water partition coefficient (Wildman–Crippen LogP) is 0.747. The molecule has 0 spiro atoms. The van der Waals surface area contributed by atoms with E-state index < -0.39 is 0 Å². The van der Waals surface area contributed by atoms with Crippen molar-refractivity contribution in [2.45, 2.75) is 41.5 Å². The molecule has 0 aromatic heterocycles. The van der Waals surface area contributed by atoms with Gasteiger partial charge in [-0.15, -0.1) is 41.5 Å². The Morgan fingerprint density at radius 3 is 2.00 bits per heavy atom. The summed E-state index contributed by atoms with van der Waals surface area (Å²) >= 11 is 3.51. The number of rotatable bonds is 0. The molecule has 0 unspecified atom stereocenters. The van der Waals surface area contributed by atoms with Gasteiger partial charge in [0.05, 0.1) is 0 Å². The van der Waals surface area contributed by atoms with Crippen molar-refractivity contribution in [1.82, 2.24) is 0 Å². The molecular formula is C20H23Br3Zr. The van der Waals surface area contributed by atoms with Crippen molar-refractivity contribution in [3.8, 4) is 0 Å². The molecule has 2 aromatic rings. The Morgan fingerprint density at radius 1 is 1.04 bits per heavy atom. The first-order valence-corrected chi connectivity index (χ1v) is 8.13. The van der Waals surface area contributed by atoms with Crippen molar-refractivity contribution in [3.05, 3.63) is 63.2 Å². The molecule has 0 fully saturated rings. The topological polar surface area (TPSA) is 0 Å². The molecule has 1 aliphatic rings. The fraction of sp³-hybridized carbons (Fsp3) is 0.350. The number of hydrogen-bond donors (Lipinski definition) is 0. The standard InChI is InChI=1S/C10H8Br.C10H15.2BrH.Zr/c1-7-5-8-3-2-4-10(11)9(8)6-7;1-7-6-10(4,5)9(3)8(7)2;;;/h2-6H,1H3;1-5H3;2*1H;/q2*-1;;;+4/p-2. The Bertz CT molecular complexity index is 736. The van der Waals surface area contributed by atoms with Gasteiger partial charge in [0.2, 0.25) is 0 Å². The van der Waals surface area contributed by atoms with Gasteiger partial charge in [-0.25, -0.2) is 5.57 Å². The zero-order chi connectivity index (χ0) is 15.8. The van der Waals surface area contributed by atoms with E-state index in [9.17, 15) is 0 Å². The molecule has 0 saturated carbocycles. The predicted molar refractivity (Wildman–Crippen MR) is 96.6 cm³/mol. The van der Waals surface area contributed by atoms with E-state index in [4.69, 9.17) is 0 Å². The number of benzene rings is 1. The van der Waals surface area contributed by atoms with E-state index in [1.807, 2.05) is 0 Å². The van der Waals surface area contributed by atoms with Gasteiger partial charge in [0.1, 0.15) is 0 Å². The molecule has 0 heterocycles. The molecule has 4 heteroatoms. The third-order valence-electron chi connectivity index (χ3n) is 4.40. The van der Waals surface area contributed by atoms with Crippen LogP contribution in [-0.4, -0.2) is 0 Å². The van der Waals surface area contributed by atoms with Gasteiger partial charge >= 0.3 is 26.2 Å². The maximum atomic E-state index is 3.51. The third-order valence-corrected chi connectivity index (χ3v) is 5.10. The van der Waals surface area contributed by atoms with Crippen molar-refractivity contribution in [2.24, 2.45) is 5.41 Å². The third kappa shape index (κ3) is 6.11. The Labute approximate surface area is 195 Å². The minimum Gasteiger partial charge on any atom is -1.00 e. The van der Waals surface area contributed by atoms with Crippen molar-refractivity contribution < 1.29 is 60.2 Å². The maximum Gasteiger partial charge on any atom is 4.00 e. The van der Waals surface area contributed by atoms with E-state index in [1.165, 1.54) is 37.5 Å². The van der Waals surface area contributed by atoms with Crippen LogP contribution in [0.3, 0.4) is 0 Å². The van der Waals surface area contributed by atoms with Crippen molar-refractivity contribution in [3.63, 3.8) is 0 Å². The Morgan fingerprint density at radius 2 is 1.62 bits per heavy atom. The van der Waals surface area contributed by atoms with Gasteiger partial charge in [-0.3, -0.25) is 6.08 Å². The minimum atomic E-state index is 0. The summed E-state index contributed by atoms with van der Waals surface area (Å²) in [7, 11) is 0. The summed E-state index contributed by atoms with van der Waals surface area (Å²) in [6, 6.07) is 10.7. The van der Waals surface area contributed by atoms with Crippen LogP contribution in [0.5, 0.6) is 0 Å². The van der Waals surface area contributed by atoms with Crippen LogP contribution in [0.25, 0.3) is 10.8 Å². The van der Waals surface area contributed by atoms with Gasteiger partial charge in [0, 0.05) is 0 Å². The van der Waals surface area contributed by atoms with E-state index in [0.29, 0.717) is 0 Å². The zero-order valence-corrected chi connectivity index (χ0v) is 22.2. The van der Waals surface area contributed by atoms with Crippen LogP contribution in [0.1, 0.15) is 40.2 Å². The molecule has 0 amide bonds. The summed E-state index contributed by atoms with van der Waals surface area (Å²) < 4.78 is 1.18. The van der Waals surface area contributed by atoms with Crippen LogP contribution in [0.4, 0.5) is 0 Å². The van der Waals surface area contributed by atoms with Crippen LogP contribution < -0.4 is 34.0 Å². The average molecular weight is 594 g/mol. The van der Waals surface area contributed by atoms with E-state index in [-0.39, 0.29) is 65.6 Å².